The second-order valence-corrected chi connectivity index (χ2v) is 5.27. The van der Waals surface area contributed by atoms with E-state index in [0.29, 0.717) is 12.5 Å². The van der Waals surface area contributed by atoms with Gasteiger partial charge in [-0.1, -0.05) is 13.0 Å². The summed E-state index contributed by atoms with van der Waals surface area (Å²) in [5.41, 5.74) is 1.09. The lowest BCUT2D eigenvalue weighted by Crippen LogP contribution is -2.46. The van der Waals surface area contributed by atoms with Crippen molar-refractivity contribution in [2.45, 2.75) is 13.5 Å². The van der Waals surface area contributed by atoms with E-state index in [1.165, 1.54) is 0 Å². The van der Waals surface area contributed by atoms with E-state index in [1.807, 2.05) is 18.3 Å². The van der Waals surface area contributed by atoms with Crippen LogP contribution in [0.2, 0.25) is 0 Å². The van der Waals surface area contributed by atoms with Crippen molar-refractivity contribution < 1.29 is 0 Å². The molecule has 0 atom stereocenters. The number of pyridine rings is 1. The monoisotopic (exact) mass is 299 g/mol. The molecule has 0 aliphatic carbocycles. The van der Waals surface area contributed by atoms with Gasteiger partial charge in [0, 0.05) is 45.1 Å². The van der Waals surface area contributed by atoms with Crippen molar-refractivity contribution in [3.8, 4) is 0 Å². The Morgan fingerprint density at radius 2 is 2.05 bits per heavy atom. The van der Waals surface area contributed by atoms with Gasteiger partial charge in [-0.15, -0.1) is 5.10 Å². The third kappa shape index (κ3) is 3.67. The Kier molecular flexibility index (Phi) is 4.75. The second-order valence-electron chi connectivity index (χ2n) is 5.27. The van der Waals surface area contributed by atoms with Crippen molar-refractivity contribution in [3.05, 3.63) is 36.3 Å². The summed E-state index contributed by atoms with van der Waals surface area (Å²) in [6.07, 6.45) is 5.32. The van der Waals surface area contributed by atoms with Crippen LogP contribution < -0.4 is 10.2 Å². The number of nitrogens with one attached hydrogen (secondary N) is 1. The van der Waals surface area contributed by atoms with Gasteiger partial charge in [-0.2, -0.15) is 10.1 Å². The number of hydrogen-bond acceptors (Lipinski definition) is 7. The zero-order valence-electron chi connectivity index (χ0n) is 12.8. The van der Waals surface area contributed by atoms with E-state index in [4.69, 9.17) is 0 Å². The molecular weight excluding hydrogens is 278 g/mol. The molecular formula is C15H21N7. The van der Waals surface area contributed by atoms with E-state index < -0.39 is 0 Å². The summed E-state index contributed by atoms with van der Waals surface area (Å²) in [6, 6.07) is 3.93. The van der Waals surface area contributed by atoms with Crippen molar-refractivity contribution in [2.75, 3.05) is 42.9 Å². The van der Waals surface area contributed by atoms with E-state index in [-0.39, 0.29) is 0 Å². The molecule has 0 aromatic carbocycles. The van der Waals surface area contributed by atoms with Gasteiger partial charge < -0.3 is 15.1 Å². The summed E-state index contributed by atoms with van der Waals surface area (Å²) in [6.45, 7) is 8.04. The Labute approximate surface area is 130 Å². The van der Waals surface area contributed by atoms with Crippen LogP contribution in [0.4, 0.5) is 11.8 Å². The van der Waals surface area contributed by atoms with Gasteiger partial charge in [0.2, 0.25) is 5.95 Å². The van der Waals surface area contributed by atoms with Crippen molar-refractivity contribution in [3.63, 3.8) is 0 Å². The average molecular weight is 299 g/mol. The summed E-state index contributed by atoms with van der Waals surface area (Å²) < 4.78 is 0. The van der Waals surface area contributed by atoms with Crippen LogP contribution in [0.3, 0.4) is 0 Å². The molecule has 1 aliphatic rings. The maximum Gasteiger partial charge on any atom is 0.244 e. The third-order valence-corrected chi connectivity index (χ3v) is 3.86. The first-order chi connectivity index (χ1) is 10.8. The van der Waals surface area contributed by atoms with Gasteiger partial charge in [0.1, 0.15) is 0 Å². The van der Waals surface area contributed by atoms with E-state index in [1.54, 1.807) is 12.4 Å². The first kappa shape index (κ1) is 14.6. The maximum absolute atomic E-state index is 4.56. The molecule has 1 saturated heterocycles. The molecule has 7 nitrogen and oxygen atoms in total. The van der Waals surface area contributed by atoms with E-state index >= 15 is 0 Å². The second kappa shape index (κ2) is 7.13. The molecule has 1 fully saturated rings. The maximum atomic E-state index is 4.56. The van der Waals surface area contributed by atoms with E-state index in [0.717, 1.165) is 44.1 Å². The number of anilines is 2. The van der Waals surface area contributed by atoms with Crippen LogP contribution in [-0.2, 0) is 6.54 Å². The van der Waals surface area contributed by atoms with E-state index in [9.17, 15) is 0 Å². The molecule has 7 heteroatoms. The molecule has 2 aromatic heterocycles. The van der Waals surface area contributed by atoms with Crippen LogP contribution >= 0.6 is 0 Å². The minimum atomic E-state index is 0.555. The number of aromatic nitrogens is 4. The fraction of sp³-hybridized carbons (Fsp3) is 0.467. The van der Waals surface area contributed by atoms with Crippen molar-refractivity contribution in [1.82, 2.24) is 25.1 Å². The lowest BCUT2D eigenvalue weighted by Gasteiger charge is -2.34. The van der Waals surface area contributed by atoms with Gasteiger partial charge in [-0.3, -0.25) is 4.98 Å². The van der Waals surface area contributed by atoms with Crippen molar-refractivity contribution in [1.29, 1.82) is 0 Å². The molecule has 0 amide bonds. The predicted octanol–water partition coefficient (Wildman–Crippen LogP) is 1.02. The minimum absolute atomic E-state index is 0.555. The van der Waals surface area contributed by atoms with Crippen LogP contribution in [0.5, 0.6) is 0 Å². The normalized spacial score (nSPS) is 15.8. The third-order valence-electron chi connectivity index (χ3n) is 3.86. The van der Waals surface area contributed by atoms with Gasteiger partial charge in [-0.25, -0.2) is 0 Å². The number of rotatable bonds is 5. The van der Waals surface area contributed by atoms with Gasteiger partial charge in [-0.05, 0) is 18.2 Å². The summed E-state index contributed by atoms with van der Waals surface area (Å²) in [4.78, 5) is 13.4. The van der Waals surface area contributed by atoms with Gasteiger partial charge >= 0.3 is 0 Å². The highest BCUT2D eigenvalue weighted by Gasteiger charge is 2.17. The van der Waals surface area contributed by atoms with Crippen LogP contribution in [0, 0.1) is 0 Å². The fourth-order valence-corrected chi connectivity index (χ4v) is 2.50. The highest BCUT2D eigenvalue weighted by molar-refractivity contribution is 5.41. The minimum Gasteiger partial charge on any atom is -0.353 e. The SMILES string of the molecule is CCN1CCN(c2cnnc(NCc3cccnc3)n2)CC1. The lowest BCUT2D eigenvalue weighted by atomic mass is 10.3. The van der Waals surface area contributed by atoms with Crippen molar-refractivity contribution >= 4 is 11.8 Å². The highest BCUT2D eigenvalue weighted by Crippen LogP contribution is 2.13. The molecule has 0 unspecified atom stereocenters. The largest absolute Gasteiger partial charge is 0.353 e. The molecule has 2 aromatic rings. The number of nitrogens with zero attached hydrogens (tertiary/aromatic N) is 6. The van der Waals surface area contributed by atoms with Crippen LogP contribution in [0.1, 0.15) is 12.5 Å². The molecule has 0 bridgehead atoms. The molecule has 1 N–H and O–H groups in total. The zero-order chi connectivity index (χ0) is 15.2. The standard InChI is InChI=1S/C15H21N7/c1-2-21-6-8-22(9-7-21)14-12-18-20-15(19-14)17-11-13-4-3-5-16-10-13/h3-5,10,12H,2,6-9,11H2,1H3,(H,17,19,20). The number of likely N-dealkylation sites (N-methyl/N-ethyl adjacent to an activating group) is 1. The summed E-state index contributed by atoms with van der Waals surface area (Å²) in [5.74, 6) is 1.44. The Balaban J connectivity index is 1.60. The highest BCUT2D eigenvalue weighted by atomic mass is 15.3. The molecule has 116 valence electrons. The summed E-state index contributed by atoms with van der Waals surface area (Å²) in [5, 5.41) is 11.3. The molecule has 0 spiro atoms. The molecule has 3 heterocycles. The summed E-state index contributed by atoms with van der Waals surface area (Å²) in [7, 11) is 0. The van der Waals surface area contributed by atoms with Crippen molar-refractivity contribution in [2.24, 2.45) is 0 Å². The molecule has 3 rings (SSSR count). The van der Waals surface area contributed by atoms with Gasteiger partial charge in [0.25, 0.3) is 0 Å². The number of hydrogen-bond donors (Lipinski definition) is 1. The number of piperazine rings is 1. The van der Waals surface area contributed by atoms with Crippen LogP contribution in [0.15, 0.2) is 30.7 Å². The van der Waals surface area contributed by atoms with Crippen LogP contribution in [0.25, 0.3) is 0 Å². The topological polar surface area (TPSA) is 70.1 Å². The Morgan fingerprint density at radius 1 is 1.18 bits per heavy atom. The molecule has 0 saturated carbocycles. The molecule has 0 radical (unpaired) electrons. The smallest absolute Gasteiger partial charge is 0.244 e. The van der Waals surface area contributed by atoms with E-state index in [2.05, 4.69) is 42.2 Å². The Hall–Kier alpha value is -2.28. The summed E-state index contributed by atoms with van der Waals surface area (Å²) >= 11 is 0. The quantitative estimate of drug-likeness (QED) is 0.884. The predicted molar refractivity (Wildman–Crippen MR) is 85.7 cm³/mol. The Morgan fingerprint density at radius 3 is 2.77 bits per heavy atom. The first-order valence-electron chi connectivity index (χ1n) is 7.65. The zero-order valence-corrected chi connectivity index (χ0v) is 12.8. The Bertz CT molecular complexity index is 581. The first-order valence-corrected chi connectivity index (χ1v) is 7.65. The average Bonchev–Trinajstić information content (AvgIpc) is 2.61. The van der Waals surface area contributed by atoms with Gasteiger partial charge in [0.05, 0.1) is 6.20 Å². The van der Waals surface area contributed by atoms with Gasteiger partial charge in [0.15, 0.2) is 5.82 Å². The lowest BCUT2D eigenvalue weighted by molar-refractivity contribution is 0.270. The van der Waals surface area contributed by atoms with Crippen LogP contribution in [-0.4, -0.2) is 57.8 Å². The molecule has 1 aliphatic heterocycles. The fourth-order valence-electron chi connectivity index (χ4n) is 2.50. The molecule has 22 heavy (non-hydrogen) atoms.